The van der Waals surface area contributed by atoms with Gasteiger partial charge in [-0.3, -0.25) is 9.52 Å². The lowest BCUT2D eigenvalue weighted by atomic mass is 10.1. The van der Waals surface area contributed by atoms with Crippen LogP contribution in [0.25, 0.3) is 10.2 Å². The van der Waals surface area contributed by atoms with E-state index in [1.165, 1.54) is 53.3 Å². The molecule has 184 valence electrons. The van der Waals surface area contributed by atoms with Crippen molar-refractivity contribution in [1.82, 2.24) is 4.57 Å². The number of rotatable bonds is 8. The molecule has 0 aliphatic carbocycles. The Bertz CT molecular complexity index is 1610. The van der Waals surface area contributed by atoms with Gasteiger partial charge < -0.3 is 4.57 Å². The Balaban J connectivity index is 1.59. The Labute approximate surface area is 213 Å². The molecule has 1 amide bonds. The van der Waals surface area contributed by atoms with Gasteiger partial charge in [0, 0.05) is 11.3 Å². The highest BCUT2D eigenvalue weighted by molar-refractivity contribution is 7.92. The van der Waals surface area contributed by atoms with Crippen LogP contribution in [-0.4, -0.2) is 18.9 Å². The Kier molecular flexibility index (Phi) is 7.67. The second kappa shape index (κ2) is 10.9. The molecule has 9 heteroatoms. The summed E-state index contributed by atoms with van der Waals surface area (Å²) in [6.45, 7) is 2.44. The maximum absolute atomic E-state index is 13.1. The minimum atomic E-state index is -3.89. The largest absolute Gasteiger partial charge is 0.305 e. The molecule has 0 radical (unpaired) electrons. The molecule has 0 bridgehead atoms. The fraction of sp³-hybridized carbons (Fsp3) is 0.185. The molecule has 0 saturated heterocycles. The van der Waals surface area contributed by atoms with Gasteiger partial charge >= 0.3 is 0 Å². The number of amides is 1. The molecule has 36 heavy (non-hydrogen) atoms. The summed E-state index contributed by atoms with van der Waals surface area (Å²) in [5.41, 5.74) is 2.72. The number of carbonyl (C=O) groups excluding carboxylic acids is 1. The van der Waals surface area contributed by atoms with Crippen molar-refractivity contribution in [3.8, 4) is 12.3 Å². The summed E-state index contributed by atoms with van der Waals surface area (Å²) in [6.07, 6.45) is 8.77. The summed E-state index contributed by atoms with van der Waals surface area (Å²) in [5, 5.41) is 0. The highest BCUT2D eigenvalue weighted by Gasteiger charge is 2.15. The SMILES string of the molecule is C#CCn1c(=NC(=O)c2ccc(NS(=O)(=O)c3ccc(F)cc3)cc2)sc2cc(CCCC)ccc21. The first-order chi connectivity index (χ1) is 17.3. The van der Waals surface area contributed by atoms with Crippen LogP contribution >= 0.6 is 11.3 Å². The topological polar surface area (TPSA) is 80.5 Å². The van der Waals surface area contributed by atoms with Gasteiger partial charge in [-0.25, -0.2) is 12.8 Å². The number of benzene rings is 3. The molecule has 0 saturated carbocycles. The summed E-state index contributed by atoms with van der Waals surface area (Å²) in [4.78, 5) is 17.6. The number of aromatic nitrogens is 1. The molecular formula is C27H24FN3O3S2. The number of hydrogen-bond acceptors (Lipinski definition) is 4. The van der Waals surface area contributed by atoms with Crippen molar-refractivity contribution in [2.45, 2.75) is 37.6 Å². The molecule has 0 fully saturated rings. The van der Waals surface area contributed by atoms with Crippen LogP contribution in [0.15, 0.2) is 76.6 Å². The Morgan fingerprint density at radius 2 is 1.83 bits per heavy atom. The molecule has 4 aromatic rings. The van der Waals surface area contributed by atoms with E-state index in [1.807, 2.05) is 10.6 Å². The van der Waals surface area contributed by atoms with Crippen molar-refractivity contribution < 1.29 is 17.6 Å². The van der Waals surface area contributed by atoms with Crippen LogP contribution in [0.5, 0.6) is 0 Å². The molecule has 1 aromatic heterocycles. The van der Waals surface area contributed by atoms with Gasteiger partial charge in [0.05, 0.1) is 21.7 Å². The maximum Gasteiger partial charge on any atom is 0.279 e. The number of unbranched alkanes of at least 4 members (excludes halogenated alkanes) is 1. The van der Waals surface area contributed by atoms with E-state index in [4.69, 9.17) is 6.42 Å². The fourth-order valence-corrected chi connectivity index (χ4v) is 5.79. The first-order valence-corrected chi connectivity index (χ1v) is 13.6. The predicted octanol–water partition coefficient (Wildman–Crippen LogP) is 5.36. The highest BCUT2D eigenvalue weighted by atomic mass is 32.2. The molecule has 0 unspecified atom stereocenters. The van der Waals surface area contributed by atoms with E-state index in [0.717, 1.165) is 41.6 Å². The summed E-state index contributed by atoms with van der Waals surface area (Å²) in [7, 11) is -3.89. The van der Waals surface area contributed by atoms with Crippen molar-refractivity contribution in [1.29, 1.82) is 0 Å². The van der Waals surface area contributed by atoms with Crippen LogP contribution in [0.4, 0.5) is 10.1 Å². The molecule has 1 N–H and O–H groups in total. The number of sulfonamides is 1. The summed E-state index contributed by atoms with van der Waals surface area (Å²) in [5.74, 6) is 1.63. The average Bonchev–Trinajstić information content (AvgIpc) is 3.19. The van der Waals surface area contributed by atoms with Crippen LogP contribution in [0, 0.1) is 18.2 Å². The number of thiazole rings is 1. The van der Waals surface area contributed by atoms with Crippen LogP contribution in [-0.2, 0) is 23.0 Å². The minimum Gasteiger partial charge on any atom is -0.305 e. The van der Waals surface area contributed by atoms with Gasteiger partial charge in [-0.05, 0) is 79.1 Å². The Hall–Kier alpha value is -3.74. The van der Waals surface area contributed by atoms with E-state index >= 15 is 0 Å². The quantitative estimate of drug-likeness (QED) is 0.317. The van der Waals surface area contributed by atoms with E-state index in [2.05, 4.69) is 34.7 Å². The molecule has 0 aliphatic heterocycles. The second-order valence-electron chi connectivity index (χ2n) is 8.13. The summed E-state index contributed by atoms with van der Waals surface area (Å²) >= 11 is 1.41. The number of nitrogens with zero attached hydrogens (tertiary/aromatic N) is 2. The van der Waals surface area contributed by atoms with Crippen LogP contribution < -0.4 is 9.52 Å². The van der Waals surface area contributed by atoms with E-state index in [1.54, 1.807) is 0 Å². The second-order valence-corrected chi connectivity index (χ2v) is 10.8. The molecule has 0 spiro atoms. The number of fused-ring (bicyclic) bond motifs is 1. The Morgan fingerprint density at radius 3 is 2.50 bits per heavy atom. The third-order valence-corrected chi connectivity index (χ3v) is 7.96. The van der Waals surface area contributed by atoms with Crippen molar-refractivity contribution in [3.63, 3.8) is 0 Å². The van der Waals surface area contributed by atoms with Gasteiger partial charge in [-0.1, -0.05) is 36.7 Å². The van der Waals surface area contributed by atoms with Crippen molar-refractivity contribution in [2.24, 2.45) is 4.99 Å². The van der Waals surface area contributed by atoms with E-state index in [-0.39, 0.29) is 17.1 Å². The lowest BCUT2D eigenvalue weighted by molar-refractivity contribution is 0.0998. The molecular weight excluding hydrogens is 497 g/mol. The van der Waals surface area contributed by atoms with Crippen LogP contribution in [0.1, 0.15) is 35.7 Å². The van der Waals surface area contributed by atoms with Crippen molar-refractivity contribution >= 4 is 43.2 Å². The van der Waals surface area contributed by atoms with Gasteiger partial charge in [0.15, 0.2) is 4.80 Å². The summed E-state index contributed by atoms with van der Waals surface area (Å²) in [6, 6.07) is 16.7. The molecule has 1 heterocycles. The zero-order valence-electron chi connectivity index (χ0n) is 19.6. The van der Waals surface area contributed by atoms with E-state index < -0.39 is 21.7 Å². The first-order valence-electron chi connectivity index (χ1n) is 11.3. The van der Waals surface area contributed by atoms with Crippen molar-refractivity contribution in [3.05, 3.63) is 88.5 Å². The number of terminal acetylenes is 1. The number of anilines is 1. The van der Waals surface area contributed by atoms with Gasteiger partial charge in [0.2, 0.25) is 0 Å². The van der Waals surface area contributed by atoms with Gasteiger partial charge in [0.1, 0.15) is 5.82 Å². The van der Waals surface area contributed by atoms with Gasteiger partial charge in [0.25, 0.3) is 15.9 Å². The third kappa shape index (κ3) is 5.73. The first kappa shape index (κ1) is 25.4. The smallest absolute Gasteiger partial charge is 0.279 e. The van der Waals surface area contributed by atoms with E-state index in [0.29, 0.717) is 10.4 Å². The average molecular weight is 522 g/mol. The van der Waals surface area contributed by atoms with Crippen molar-refractivity contribution in [2.75, 3.05) is 4.72 Å². The number of nitrogens with one attached hydrogen (secondary N) is 1. The lowest BCUT2D eigenvalue weighted by Crippen LogP contribution is -2.16. The minimum absolute atomic E-state index is 0.0697. The molecule has 0 aliphatic rings. The molecule has 3 aromatic carbocycles. The van der Waals surface area contributed by atoms with Crippen LogP contribution in [0.3, 0.4) is 0 Å². The fourth-order valence-electron chi connectivity index (χ4n) is 3.64. The number of carbonyl (C=O) groups is 1. The zero-order chi connectivity index (χ0) is 25.7. The highest BCUT2D eigenvalue weighted by Crippen LogP contribution is 2.21. The maximum atomic E-state index is 13.1. The predicted molar refractivity (Wildman–Crippen MR) is 141 cm³/mol. The van der Waals surface area contributed by atoms with Gasteiger partial charge in [-0.2, -0.15) is 4.99 Å². The number of hydrogen-bond donors (Lipinski definition) is 1. The molecule has 4 rings (SSSR count). The zero-order valence-corrected chi connectivity index (χ0v) is 21.2. The monoisotopic (exact) mass is 521 g/mol. The van der Waals surface area contributed by atoms with Gasteiger partial charge in [-0.15, -0.1) is 6.42 Å². The molecule has 0 atom stereocenters. The number of aryl methyl sites for hydroxylation is 1. The number of halogens is 1. The Morgan fingerprint density at radius 1 is 1.11 bits per heavy atom. The molecule has 6 nitrogen and oxygen atoms in total. The third-order valence-electron chi connectivity index (χ3n) is 5.52. The standard InChI is InChI=1S/C27H24FN3O3S2/c1-3-5-6-19-7-16-24-25(18-19)35-27(31(24)17-4-2)29-26(32)20-8-12-22(13-9-20)30-36(33,34)23-14-10-21(28)11-15-23/h2,7-16,18,30H,3,5-6,17H2,1H3. The van der Waals surface area contributed by atoms with Crippen LogP contribution in [0.2, 0.25) is 0 Å². The summed E-state index contributed by atoms with van der Waals surface area (Å²) < 4.78 is 43.4. The van der Waals surface area contributed by atoms with E-state index in [9.17, 15) is 17.6 Å². The normalized spacial score (nSPS) is 12.0. The lowest BCUT2D eigenvalue weighted by Gasteiger charge is -2.08.